The lowest BCUT2D eigenvalue weighted by molar-refractivity contribution is -0.384. The van der Waals surface area contributed by atoms with Gasteiger partial charge in [0.25, 0.3) is 5.69 Å². The summed E-state index contributed by atoms with van der Waals surface area (Å²) in [7, 11) is 0. The van der Waals surface area contributed by atoms with Crippen molar-refractivity contribution in [2.24, 2.45) is 4.99 Å². The first-order chi connectivity index (χ1) is 9.70. The van der Waals surface area contributed by atoms with Crippen molar-refractivity contribution in [2.75, 3.05) is 0 Å². The van der Waals surface area contributed by atoms with Gasteiger partial charge in [0.05, 0.1) is 10.6 Å². The Morgan fingerprint density at radius 2 is 1.80 bits per heavy atom. The molecule has 0 heterocycles. The highest BCUT2D eigenvalue weighted by atomic mass is 16.6. The number of nitro benzene ring substituents is 1. The highest BCUT2D eigenvalue weighted by molar-refractivity contribution is 5.83. The lowest BCUT2D eigenvalue weighted by atomic mass is 10.1. The van der Waals surface area contributed by atoms with Crippen LogP contribution in [0.15, 0.2) is 59.6 Å². The molecule has 0 fully saturated rings. The molecular formula is C16H14N2O2. The van der Waals surface area contributed by atoms with Gasteiger partial charge in [0.1, 0.15) is 0 Å². The van der Waals surface area contributed by atoms with E-state index in [4.69, 9.17) is 0 Å². The summed E-state index contributed by atoms with van der Waals surface area (Å²) < 4.78 is 0. The fourth-order valence-corrected chi connectivity index (χ4v) is 1.75. The Balaban J connectivity index is 2.23. The van der Waals surface area contributed by atoms with Crippen LogP contribution in [0.1, 0.15) is 18.1 Å². The Hall–Kier alpha value is -2.75. The largest absolute Gasteiger partial charge is 0.269 e. The van der Waals surface area contributed by atoms with Gasteiger partial charge in [0.15, 0.2) is 0 Å². The van der Waals surface area contributed by atoms with Crippen molar-refractivity contribution in [2.45, 2.75) is 6.92 Å². The Bertz CT molecular complexity index is 658. The molecule has 2 aromatic carbocycles. The summed E-state index contributed by atoms with van der Waals surface area (Å²) in [5.41, 5.74) is 2.81. The molecule has 0 saturated heterocycles. The van der Waals surface area contributed by atoms with Crippen LogP contribution >= 0.6 is 0 Å². The van der Waals surface area contributed by atoms with Crippen LogP contribution in [-0.2, 0) is 0 Å². The summed E-state index contributed by atoms with van der Waals surface area (Å²) in [6.45, 7) is 1.96. The van der Waals surface area contributed by atoms with Crippen LogP contribution in [0, 0.1) is 10.1 Å². The van der Waals surface area contributed by atoms with E-state index in [1.54, 1.807) is 18.3 Å². The number of hydrogen-bond donors (Lipinski definition) is 0. The highest BCUT2D eigenvalue weighted by Gasteiger charge is 2.02. The third kappa shape index (κ3) is 3.38. The van der Waals surface area contributed by atoms with Crippen molar-refractivity contribution in [3.8, 4) is 0 Å². The van der Waals surface area contributed by atoms with Gasteiger partial charge in [-0.3, -0.25) is 15.1 Å². The molecule has 20 heavy (non-hydrogen) atoms. The van der Waals surface area contributed by atoms with E-state index in [-0.39, 0.29) is 5.69 Å². The van der Waals surface area contributed by atoms with Gasteiger partial charge in [-0.25, -0.2) is 0 Å². The van der Waals surface area contributed by atoms with Crippen LogP contribution in [0.5, 0.6) is 0 Å². The predicted octanol–water partition coefficient (Wildman–Crippen LogP) is 4.38. The minimum atomic E-state index is -0.414. The van der Waals surface area contributed by atoms with E-state index >= 15 is 0 Å². The van der Waals surface area contributed by atoms with E-state index in [9.17, 15) is 10.1 Å². The van der Waals surface area contributed by atoms with E-state index < -0.39 is 4.92 Å². The quantitative estimate of drug-likeness (QED) is 0.468. The third-order valence-corrected chi connectivity index (χ3v) is 2.74. The van der Waals surface area contributed by atoms with Crippen molar-refractivity contribution in [1.82, 2.24) is 0 Å². The molecule has 4 nitrogen and oxygen atoms in total. The van der Waals surface area contributed by atoms with Gasteiger partial charge >= 0.3 is 0 Å². The average Bonchev–Trinajstić information content (AvgIpc) is 2.47. The maximum absolute atomic E-state index is 10.6. The predicted molar refractivity (Wildman–Crippen MR) is 81.5 cm³/mol. The topological polar surface area (TPSA) is 55.5 Å². The Kier molecular flexibility index (Phi) is 4.39. The maximum atomic E-state index is 10.6. The summed E-state index contributed by atoms with van der Waals surface area (Å²) >= 11 is 0. The smallest absolute Gasteiger partial charge is 0.258 e. The molecule has 0 aliphatic heterocycles. The van der Waals surface area contributed by atoms with Crippen LogP contribution in [0.25, 0.3) is 6.08 Å². The molecule has 0 aromatic heterocycles. The molecule has 0 aliphatic rings. The first-order valence-corrected chi connectivity index (χ1v) is 6.21. The number of non-ortho nitro benzene ring substituents is 1. The molecule has 0 atom stereocenters. The zero-order chi connectivity index (χ0) is 14.4. The first-order valence-electron chi connectivity index (χ1n) is 6.21. The van der Waals surface area contributed by atoms with Crippen LogP contribution in [-0.4, -0.2) is 11.1 Å². The molecule has 4 heteroatoms. The maximum Gasteiger partial charge on any atom is 0.269 e. The van der Waals surface area contributed by atoms with Crippen LogP contribution in [0.3, 0.4) is 0 Å². The van der Waals surface area contributed by atoms with Gasteiger partial charge in [-0.1, -0.05) is 30.4 Å². The van der Waals surface area contributed by atoms with Gasteiger partial charge in [-0.05, 0) is 36.2 Å². The van der Waals surface area contributed by atoms with Gasteiger partial charge < -0.3 is 0 Å². The number of benzene rings is 2. The van der Waals surface area contributed by atoms with Crippen molar-refractivity contribution < 1.29 is 4.92 Å². The molecule has 0 saturated carbocycles. The number of nitrogens with zero attached hydrogens (tertiary/aromatic N) is 2. The van der Waals surface area contributed by atoms with Crippen LogP contribution in [0.2, 0.25) is 0 Å². The third-order valence-electron chi connectivity index (χ3n) is 2.74. The first kappa shape index (κ1) is 13.7. The minimum Gasteiger partial charge on any atom is -0.258 e. The van der Waals surface area contributed by atoms with Crippen molar-refractivity contribution in [1.29, 1.82) is 0 Å². The number of hydrogen-bond acceptors (Lipinski definition) is 3. The fourth-order valence-electron chi connectivity index (χ4n) is 1.75. The minimum absolute atomic E-state index is 0.0801. The monoisotopic (exact) mass is 266 g/mol. The molecule has 0 spiro atoms. The lowest BCUT2D eigenvalue weighted by Crippen LogP contribution is -1.88. The van der Waals surface area contributed by atoms with Crippen molar-refractivity contribution >= 4 is 23.7 Å². The molecule has 0 unspecified atom stereocenters. The van der Waals surface area contributed by atoms with Gasteiger partial charge in [0, 0.05) is 18.3 Å². The summed E-state index contributed by atoms with van der Waals surface area (Å²) in [6.07, 6.45) is 5.65. The molecule has 2 rings (SSSR count). The summed E-state index contributed by atoms with van der Waals surface area (Å²) in [4.78, 5) is 14.6. The number of allylic oxidation sites excluding steroid dienone is 1. The lowest BCUT2D eigenvalue weighted by Gasteiger charge is -1.99. The average molecular weight is 266 g/mol. The Labute approximate surface area is 117 Å². The molecule has 0 amide bonds. The second-order valence-electron chi connectivity index (χ2n) is 4.17. The second kappa shape index (κ2) is 6.43. The van der Waals surface area contributed by atoms with Crippen LogP contribution < -0.4 is 0 Å². The van der Waals surface area contributed by atoms with E-state index in [0.29, 0.717) is 0 Å². The van der Waals surface area contributed by atoms with Crippen LogP contribution in [0.4, 0.5) is 11.4 Å². The number of nitro groups is 1. The van der Waals surface area contributed by atoms with E-state index in [2.05, 4.69) is 4.99 Å². The number of aliphatic imine (C=N–C) groups is 1. The normalized spacial score (nSPS) is 11.2. The Morgan fingerprint density at radius 3 is 2.45 bits per heavy atom. The molecule has 0 N–H and O–H groups in total. The summed E-state index contributed by atoms with van der Waals surface area (Å²) in [5.74, 6) is 0. The van der Waals surface area contributed by atoms with E-state index in [1.165, 1.54) is 12.1 Å². The van der Waals surface area contributed by atoms with Gasteiger partial charge in [-0.15, -0.1) is 0 Å². The zero-order valence-corrected chi connectivity index (χ0v) is 11.1. The molecular weight excluding hydrogens is 252 g/mol. The number of para-hydroxylation sites is 1. The highest BCUT2D eigenvalue weighted by Crippen LogP contribution is 2.20. The van der Waals surface area contributed by atoms with Gasteiger partial charge in [-0.2, -0.15) is 0 Å². The van der Waals surface area contributed by atoms with Crippen molar-refractivity contribution in [3.05, 3.63) is 75.8 Å². The van der Waals surface area contributed by atoms with Crippen molar-refractivity contribution in [3.63, 3.8) is 0 Å². The molecule has 0 aliphatic carbocycles. The summed E-state index contributed by atoms with van der Waals surface area (Å²) in [5, 5.41) is 10.6. The van der Waals surface area contributed by atoms with E-state index in [1.807, 2.05) is 43.3 Å². The summed E-state index contributed by atoms with van der Waals surface area (Å²) in [6, 6.07) is 14.1. The standard InChI is InChI=1S/C16H14N2O2/c1-2-5-14-6-3-4-7-16(14)17-12-13-8-10-15(11-9-13)18(19)20/h2-12H,1H3/b5-2+,17-12?. The fraction of sp³-hybridized carbons (Fsp3) is 0.0625. The Morgan fingerprint density at radius 1 is 1.10 bits per heavy atom. The molecule has 100 valence electrons. The molecule has 0 bridgehead atoms. The van der Waals surface area contributed by atoms with Gasteiger partial charge in [0.2, 0.25) is 0 Å². The second-order valence-corrected chi connectivity index (χ2v) is 4.17. The molecule has 0 radical (unpaired) electrons. The number of rotatable bonds is 4. The zero-order valence-electron chi connectivity index (χ0n) is 11.1. The van der Waals surface area contributed by atoms with E-state index in [0.717, 1.165) is 16.8 Å². The SMILES string of the molecule is C/C=C/c1ccccc1N=Cc1ccc([N+](=O)[O-])cc1. The molecule has 2 aromatic rings.